The van der Waals surface area contributed by atoms with Crippen molar-refractivity contribution in [2.75, 3.05) is 11.9 Å². The van der Waals surface area contributed by atoms with Crippen molar-refractivity contribution in [1.29, 1.82) is 0 Å². The Bertz CT molecular complexity index is 1070. The quantitative estimate of drug-likeness (QED) is 0.498. The maximum absolute atomic E-state index is 13.1. The van der Waals surface area contributed by atoms with E-state index in [1.54, 1.807) is 30.3 Å². The monoisotopic (exact) mass is 468 g/mol. The molecule has 2 N–H and O–H groups in total. The van der Waals surface area contributed by atoms with Crippen molar-refractivity contribution in [3.05, 3.63) is 99.8 Å². The Labute approximate surface area is 181 Å². The SMILES string of the molecule is O=C(CCNC(=O)c1ccccc1C(=O)c1ccc(F)cc1)Nc1ccc(Br)cc1. The van der Waals surface area contributed by atoms with Crippen molar-refractivity contribution in [1.82, 2.24) is 5.32 Å². The van der Waals surface area contributed by atoms with Gasteiger partial charge in [-0.1, -0.05) is 34.1 Å². The van der Waals surface area contributed by atoms with Crippen LogP contribution in [0.25, 0.3) is 0 Å². The van der Waals surface area contributed by atoms with Gasteiger partial charge < -0.3 is 10.6 Å². The molecular weight excluding hydrogens is 451 g/mol. The zero-order valence-electron chi connectivity index (χ0n) is 15.8. The zero-order chi connectivity index (χ0) is 21.5. The van der Waals surface area contributed by atoms with E-state index in [9.17, 15) is 18.8 Å². The Morgan fingerprint density at radius 2 is 1.47 bits per heavy atom. The van der Waals surface area contributed by atoms with E-state index in [0.717, 1.165) is 4.47 Å². The molecule has 5 nitrogen and oxygen atoms in total. The molecule has 0 aliphatic heterocycles. The van der Waals surface area contributed by atoms with Crippen LogP contribution in [0.4, 0.5) is 10.1 Å². The fourth-order valence-corrected chi connectivity index (χ4v) is 3.04. The molecule has 3 rings (SSSR count). The normalized spacial score (nSPS) is 10.3. The molecular formula is C23H18BrFN2O3. The van der Waals surface area contributed by atoms with E-state index in [4.69, 9.17) is 0 Å². The lowest BCUT2D eigenvalue weighted by Gasteiger charge is -2.10. The number of nitrogens with one attached hydrogen (secondary N) is 2. The summed E-state index contributed by atoms with van der Waals surface area (Å²) in [5.41, 5.74) is 1.34. The number of hydrogen-bond acceptors (Lipinski definition) is 3. The van der Waals surface area contributed by atoms with Crippen LogP contribution in [0.3, 0.4) is 0 Å². The fraction of sp³-hybridized carbons (Fsp3) is 0.0870. The summed E-state index contributed by atoms with van der Waals surface area (Å²) in [5, 5.41) is 5.40. The van der Waals surface area contributed by atoms with Gasteiger partial charge in [0, 0.05) is 34.3 Å². The van der Waals surface area contributed by atoms with E-state index in [1.807, 2.05) is 12.1 Å². The van der Waals surface area contributed by atoms with Gasteiger partial charge in [0.2, 0.25) is 5.91 Å². The van der Waals surface area contributed by atoms with Crippen LogP contribution >= 0.6 is 15.9 Å². The number of rotatable bonds is 7. The molecule has 0 fully saturated rings. The predicted molar refractivity (Wildman–Crippen MR) is 116 cm³/mol. The van der Waals surface area contributed by atoms with Gasteiger partial charge in [-0.15, -0.1) is 0 Å². The third-order valence-electron chi connectivity index (χ3n) is 4.29. The van der Waals surface area contributed by atoms with Crippen LogP contribution in [-0.4, -0.2) is 24.1 Å². The molecule has 3 aromatic rings. The molecule has 0 saturated carbocycles. The van der Waals surface area contributed by atoms with Crippen LogP contribution in [0.15, 0.2) is 77.3 Å². The van der Waals surface area contributed by atoms with Gasteiger partial charge in [-0.3, -0.25) is 14.4 Å². The van der Waals surface area contributed by atoms with Crippen molar-refractivity contribution in [3.63, 3.8) is 0 Å². The first kappa shape index (κ1) is 21.4. The van der Waals surface area contributed by atoms with Crippen LogP contribution in [0.5, 0.6) is 0 Å². The molecule has 0 unspecified atom stereocenters. The Hall–Kier alpha value is -3.32. The number of amides is 2. The van der Waals surface area contributed by atoms with Crippen LogP contribution in [0.1, 0.15) is 32.7 Å². The minimum Gasteiger partial charge on any atom is -0.351 e. The lowest BCUT2D eigenvalue weighted by Crippen LogP contribution is -2.29. The highest BCUT2D eigenvalue weighted by atomic mass is 79.9. The largest absolute Gasteiger partial charge is 0.351 e. The minimum absolute atomic E-state index is 0.0792. The van der Waals surface area contributed by atoms with Crippen LogP contribution < -0.4 is 10.6 Å². The molecule has 0 aromatic heterocycles. The Kier molecular flexibility index (Phi) is 7.08. The van der Waals surface area contributed by atoms with Crippen molar-refractivity contribution < 1.29 is 18.8 Å². The predicted octanol–water partition coefficient (Wildman–Crippen LogP) is 4.58. The first-order chi connectivity index (χ1) is 14.4. The summed E-state index contributed by atoms with van der Waals surface area (Å²) in [4.78, 5) is 37.3. The maximum atomic E-state index is 13.1. The molecule has 0 atom stereocenters. The van der Waals surface area contributed by atoms with Crippen LogP contribution in [0.2, 0.25) is 0 Å². The molecule has 0 spiro atoms. The molecule has 0 saturated heterocycles. The Morgan fingerprint density at radius 1 is 0.833 bits per heavy atom. The molecule has 0 radical (unpaired) electrons. The summed E-state index contributed by atoms with van der Waals surface area (Å²) in [6.07, 6.45) is 0.0792. The molecule has 7 heteroatoms. The first-order valence-electron chi connectivity index (χ1n) is 9.17. The summed E-state index contributed by atoms with van der Waals surface area (Å²) >= 11 is 3.32. The maximum Gasteiger partial charge on any atom is 0.252 e. The summed E-state index contributed by atoms with van der Waals surface area (Å²) < 4.78 is 14.0. The highest BCUT2D eigenvalue weighted by molar-refractivity contribution is 9.10. The highest BCUT2D eigenvalue weighted by Crippen LogP contribution is 2.16. The smallest absolute Gasteiger partial charge is 0.252 e. The van der Waals surface area contributed by atoms with Gasteiger partial charge in [-0.25, -0.2) is 4.39 Å². The van der Waals surface area contributed by atoms with E-state index in [2.05, 4.69) is 26.6 Å². The fourth-order valence-electron chi connectivity index (χ4n) is 2.78. The van der Waals surface area contributed by atoms with Crippen LogP contribution in [0, 0.1) is 5.82 Å². The molecule has 0 aliphatic carbocycles. The topological polar surface area (TPSA) is 75.3 Å². The minimum atomic E-state index is -0.461. The van der Waals surface area contributed by atoms with Crippen molar-refractivity contribution in [2.24, 2.45) is 0 Å². The van der Waals surface area contributed by atoms with Gasteiger partial charge in [0.1, 0.15) is 5.82 Å². The van der Waals surface area contributed by atoms with Crippen molar-refractivity contribution in [3.8, 4) is 0 Å². The van der Waals surface area contributed by atoms with Gasteiger partial charge in [0.15, 0.2) is 5.78 Å². The van der Waals surface area contributed by atoms with Gasteiger partial charge in [-0.05, 0) is 54.6 Å². The lowest BCUT2D eigenvalue weighted by atomic mass is 9.98. The summed E-state index contributed by atoms with van der Waals surface area (Å²) in [6, 6.07) is 18.7. The Morgan fingerprint density at radius 3 is 2.13 bits per heavy atom. The van der Waals surface area contributed by atoms with Crippen molar-refractivity contribution >= 4 is 39.2 Å². The molecule has 2 amide bonds. The van der Waals surface area contributed by atoms with Gasteiger partial charge in [0.05, 0.1) is 5.56 Å². The lowest BCUT2D eigenvalue weighted by molar-refractivity contribution is -0.116. The summed E-state index contributed by atoms with van der Waals surface area (Å²) in [5.74, 6) is -1.53. The van der Waals surface area contributed by atoms with Gasteiger partial charge in [-0.2, -0.15) is 0 Å². The third kappa shape index (κ3) is 5.61. The number of carbonyl (C=O) groups is 3. The van der Waals surface area contributed by atoms with Gasteiger partial charge in [0.25, 0.3) is 5.91 Å². The molecule has 0 bridgehead atoms. The van der Waals surface area contributed by atoms with E-state index >= 15 is 0 Å². The second-order valence-electron chi connectivity index (χ2n) is 6.44. The highest BCUT2D eigenvalue weighted by Gasteiger charge is 2.18. The van der Waals surface area contributed by atoms with E-state index in [0.29, 0.717) is 5.69 Å². The van der Waals surface area contributed by atoms with Crippen LogP contribution in [-0.2, 0) is 4.79 Å². The standard InChI is InChI=1S/C23H18BrFN2O3/c24-16-7-11-18(12-8-16)27-21(28)13-14-26-23(30)20-4-2-1-3-19(20)22(29)15-5-9-17(25)10-6-15/h1-12H,13-14H2,(H,26,30)(H,27,28). The third-order valence-corrected chi connectivity index (χ3v) is 4.82. The summed E-state index contributed by atoms with van der Waals surface area (Å²) in [6.45, 7) is 0.111. The number of halogens is 2. The Balaban J connectivity index is 1.60. The van der Waals surface area contributed by atoms with Crippen molar-refractivity contribution in [2.45, 2.75) is 6.42 Å². The first-order valence-corrected chi connectivity index (χ1v) is 9.96. The van der Waals surface area contributed by atoms with E-state index < -0.39 is 11.7 Å². The number of hydrogen-bond donors (Lipinski definition) is 2. The molecule has 0 heterocycles. The number of carbonyl (C=O) groups excluding carboxylic acids is 3. The summed E-state index contributed by atoms with van der Waals surface area (Å²) in [7, 11) is 0. The molecule has 3 aromatic carbocycles. The van der Waals surface area contributed by atoms with E-state index in [-0.39, 0.29) is 41.3 Å². The molecule has 152 valence electrons. The van der Waals surface area contributed by atoms with E-state index in [1.165, 1.54) is 30.3 Å². The van der Waals surface area contributed by atoms with Gasteiger partial charge >= 0.3 is 0 Å². The molecule has 0 aliphatic rings. The number of benzene rings is 3. The second kappa shape index (κ2) is 9.93. The zero-order valence-corrected chi connectivity index (χ0v) is 17.4. The average Bonchev–Trinajstić information content (AvgIpc) is 2.75. The number of anilines is 1. The molecule has 30 heavy (non-hydrogen) atoms. The second-order valence-corrected chi connectivity index (χ2v) is 7.36. The number of ketones is 1. The average molecular weight is 469 g/mol.